The maximum absolute atomic E-state index is 11.6. The first-order chi connectivity index (χ1) is 9.83. The van der Waals surface area contributed by atoms with Gasteiger partial charge < -0.3 is 10.6 Å². The SMILES string of the molecule is CCS(=O)(=O)N(C)CCCNC(=NC)NCCCC(C)C. The molecule has 0 amide bonds. The topological polar surface area (TPSA) is 73.8 Å². The minimum Gasteiger partial charge on any atom is -0.356 e. The van der Waals surface area contributed by atoms with Crippen LogP contribution in [0.15, 0.2) is 4.99 Å². The molecule has 0 bridgehead atoms. The van der Waals surface area contributed by atoms with Crippen LogP contribution < -0.4 is 10.6 Å². The Morgan fingerprint density at radius 2 is 1.76 bits per heavy atom. The molecule has 126 valence electrons. The smallest absolute Gasteiger partial charge is 0.213 e. The second-order valence-electron chi connectivity index (χ2n) is 5.54. The quantitative estimate of drug-likeness (QED) is 0.361. The van der Waals surface area contributed by atoms with Crippen molar-refractivity contribution in [1.29, 1.82) is 0 Å². The molecular weight excluding hydrogens is 288 g/mol. The molecule has 0 aliphatic heterocycles. The average molecular weight is 321 g/mol. The van der Waals surface area contributed by atoms with Gasteiger partial charge in [-0.25, -0.2) is 12.7 Å². The van der Waals surface area contributed by atoms with Gasteiger partial charge in [0.2, 0.25) is 10.0 Å². The Morgan fingerprint density at radius 3 is 2.24 bits per heavy atom. The number of sulfonamides is 1. The molecule has 0 radical (unpaired) electrons. The molecule has 0 atom stereocenters. The molecule has 2 N–H and O–H groups in total. The molecule has 0 aliphatic rings. The van der Waals surface area contributed by atoms with Gasteiger partial charge in [0.1, 0.15) is 0 Å². The maximum Gasteiger partial charge on any atom is 0.213 e. The molecule has 0 spiro atoms. The largest absolute Gasteiger partial charge is 0.356 e. The van der Waals surface area contributed by atoms with Crippen LogP contribution in [0, 0.1) is 5.92 Å². The Balaban J connectivity index is 3.83. The van der Waals surface area contributed by atoms with Crippen LogP contribution in [0.2, 0.25) is 0 Å². The highest BCUT2D eigenvalue weighted by atomic mass is 32.2. The first kappa shape index (κ1) is 20.2. The third kappa shape index (κ3) is 9.68. The van der Waals surface area contributed by atoms with Crippen molar-refractivity contribution >= 4 is 16.0 Å². The van der Waals surface area contributed by atoms with Gasteiger partial charge in [-0.15, -0.1) is 0 Å². The maximum atomic E-state index is 11.6. The highest BCUT2D eigenvalue weighted by molar-refractivity contribution is 7.89. The Bertz CT molecular complexity index is 394. The van der Waals surface area contributed by atoms with E-state index in [1.165, 1.54) is 10.7 Å². The second kappa shape index (κ2) is 10.8. The number of hydrogen-bond donors (Lipinski definition) is 2. The average Bonchev–Trinajstić information content (AvgIpc) is 2.44. The van der Waals surface area contributed by atoms with Crippen molar-refractivity contribution in [3.8, 4) is 0 Å². The third-order valence-electron chi connectivity index (χ3n) is 3.26. The molecule has 6 nitrogen and oxygen atoms in total. The van der Waals surface area contributed by atoms with Gasteiger partial charge in [0, 0.05) is 33.7 Å². The van der Waals surface area contributed by atoms with Crippen molar-refractivity contribution < 1.29 is 8.42 Å². The van der Waals surface area contributed by atoms with Crippen molar-refractivity contribution in [3.63, 3.8) is 0 Å². The summed E-state index contributed by atoms with van der Waals surface area (Å²) in [5.74, 6) is 1.65. The Morgan fingerprint density at radius 1 is 1.19 bits per heavy atom. The fourth-order valence-corrected chi connectivity index (χ4v) is 2.65. The summed E-state index contributed by atoms with van der Waals surface area (Å²) in [5.41, 5.74) is 0. The summed E-state index contributed by atoms with van der Waals surface area (Å²) in [6, 6.07) is 0. The van der Waals surface area contributed by atoms with E-state index in [0.29, 0.717) is 13.1 Å². The normalized spacial score (nSPS) is 13.0. The molecule has 0 heterocycles. The van der Waals surface area contributed by atoms with E-state index in [9.17, 15) is 8.42 Å². The van der Waals surface area contributed by atoms with Crippen LogP contribution in [0.4, 0.5) is 0 Å². The first-order valence-electron chi connectivity index (χ1n) is 7.72. The molecule has 0 fully saturated rings. The van der Waals surface area contributed by atoms with Crippen LogP contribution >= 0.6 is 0 Å². The number of hydrogen-bond acceptors (Lipinski definition) is 3. The monoisotopic (exact) mass is 320 g/mol. The number of rotatable bonds is 10. The van der Waals surface area contributed by atoms with Crippen LogP contribution in [0.5, 0.6) is 0 Å². The van der Waals surface area contributed by atoms with Crippen LogP contribution in [-0.4, -0.2) is 58.2 Å². The van der Waals surface area contributed by atoms with Gasteiger partial charge in [0.25, 0.3) is 0 Å². The van der Waals surface area contributed by atoms with Gasteiger partial charge >= 0.3 is 0 Å². The van der Waals surface area contributed by atoms with E-state index in [-0.39, 0.29) is 5.75 Å². The zero-order valence-electron chi connectivity index (χ0n) is 14.1. The molecule has 0 saturated carbocycles. The molecule has 0 aromatic heterocycles. The molecule has 0 unspecified atom stereocenters. The number of nitrogens with one attached hydrogen (secondary N) is 2. The molecule has 7 heteroatoms. The van der Waals surface area contributed by atoms with E-state index < -0.39 is 10.0 Å². The lowest BCUT2D eigenvalue weighted by molar-refractivity contribution is 0.461. The molecule has 21 heavy (non-hydrogen) atoms. The standard InChI is InChI=1S/C14H32N4O2S/c1-6-21(19,20)18(5)12-8-11-17-14(15-4)16-10-7-9-13(2)3/h13H,6-12H2,1-5H3,(H2,15,16,17). The fraction of sp³-hybridized carbons (Fsp3) is 0.929. The zero-order valence-corrected chi connectivity index (χ0v) is 15.0. The van der Waals surface area contributed by atoms with E-state index >= 15 is 0 Å². The number of nitrogens with zero attached hydrogens (tertiary/aromatic N) is 2. The van der Waals surface area contributed by atoms with E-state index in [2.05, 4.69) is 29.5 Å². The van der Waals surface area contributed by atoms with E-state index in [1.807, 2.05) is 0 Å². The van der Waals surface area contributed by atoms with Crippen molar-refractivity contribution in [1.82, 2.24) is 14.9 Å². The van der Waals surface area contributed by atoms with Crippen molar-refractivity contribution in [2.45, 2.75) is 40.0 Å². The highest BCUT2D eigenvalue weighted by Gasteiger charge is 2.13. The second-order valence-corrected chi connectivity index (χ2v) is 7.90. The van der Waals surface area contributed by atoms with Crippen molar-refractivity contribution in [3.05, 3.63) is 0 Å². The lowest BCUT2D eigenvalue weighted by Crippen LogP contribution is -2.39. The Hall–Kier alpha value is -0.820. The Labute approximate surface area is 130 Å². The minimum atomic E-state index is -3.07. The molecule has 0 saturated heterocycles. The fourth-order valence-electron chi connectivity index (χ4n) is 1.81. The van der Waals surface area contributed by atoms with Crippen molar-refractivity contribution in [2.75, 3.05) is 39.5 Å². The van der Waals surface area contributed by atoms with Crippen LogP contribution in [0.3, 0.4) is 0 Å². The van der Waals surface area contributed by atoms with Gasteiger partial charge in [-0.2, -0.15) is 0 Å². The van der Waals surface area contributed by atoms with E-state index in [4.69, 9.17) is 0 Å². The van der Waals surface area contributed by atoms with Gasteiger partial charge in [-0.05, 0) is 32.1 Å². The minimum absolute atomic E-state index is 0.149. The molecular formula is C14H32N4O2S. The predicted molar refractivity (Wildman–Crippen MR) is 90.1 cm³/mol. The third-order valence-corrected chi connectivity index (χ3v) is 5.12. The summed E-state index contributed by atoms with van der Waals surface area (Å²) < 4.78 is 24.6. The summed E-state index contributed by atoms with van der Waals surface area (Å²) >= 11 is 0. The summed E-state index contributed by atoms with van der Waals surface area (Å²) in [6.45, 7) is 8.22. The molecule has 0 rings (SSSR count). The summed E-state index contributed by atoms with van der Waals surface area (Å²) in [7, 11) is 0.294. The predicted octanol–water partition coefficient (Wildman–Crippen LogP) is 1.26. The van der Waals surface area contributed by atoms with Crippen LogP contribution in [-0.2, 0) is 10.0 Å². The van der Waals surface area contributed by atoms with Crippen LogP contribution in [0.25, 0.3) is 0 Å². The molecule has 0 aromatic rings. The summed E-state index contributed by atoms with van der Waals surface area (Å²) in [5, 5.41) is 6.46. The molecule has 0 aromatic carbocycles. The van der Waals surface area contributed by atoms with Gasteiger partial charge in [0.05, 0.1) is 5.75 Å². The van der Waals surface area contributed by atoms with Crippen LogP contribution in [0.1, 0.15) is 40.0 Å². The van der Waals surface area contributed by atoms with Gasteiger partial charge in [-0.3, -0.25) is 4.99 Å². The summed E-state index contributed by atoms with van der Waals surface area (Å²) in [4.78, 5) is 4.15. The summed E-state index contributed by atoms with van der Waals surface area (Å²) in [6.07, 6.45) is 3.07. The number of guanidine groups is 1. The number of aliphatic imine (C=N–C) groups is 1. The highest BCUT2D eigenvalue weighted by Crippen LogP contribution is 2.01. The molecule has 0 aliphatic carbocycles. The van der Waals surface area contributed by atoms with Gasteiger partial charge in [-0.1, -0.05) is 13.8 Å². The Kier molecular flexibility index (Phi) is 10.4. The lowest BCUT2D eigenvalue weighted by Gasteiger charge is -2.17. The van der Waals surface area contributed by atoms with E-state index in [0.717, 1.165) is 31.3 Å². The van der Waals surface area contributed by atoms with Crippen molar-refractivity contribution in [2.24, 2.45) is 10.9 Å². The lowest BCUT2D eigenvalue weighted by atomic mass is 10.1. The van der Waals surface area contributed by atoms with E-state index in [1.54, 1.807) is 21.0 Å². The van der Waals surface area contributed by atoms with Gasteiger partial charge in [0.15, 0.2) is 5.96 Å². The first-order valence-corrected chi connectivity index (χ1v) is 9.33. The zero-order chi connectivity index (χ0) is 16.3.